The number of rotatable bonds is 4. The minimum Gasteiger partial charge on any atom is -0.480 e. The molecular weight excluding hydrogens is 305 g/mol. The Morgan fingerprint density at radius 3 is 2.50 bits per heavy atom. The fraction of sp³-hybridized carbons (Fsp3) is 0.0769. The van der Waals surface area contributed by atoms with E-state index in [9.17, 15) is 9.59 Å². The molecule has 20 heavy (non-hydrogen) atoms. The molecule has 7 heteroatoms. The Balaban J connectivity index is 2.37. The van der Waals surface area contributed by atoms with Gasteiger partial charge in [-0.05, 0) is 41.9 Å². The van der Waals surface area contributed by atoms with E-state index >= 15 is 0 Å². The van der Waals surface area contributed by atoms with E-state index in [2.05, 4.69) is 0 Å². The zero-order valence-corrected chi connectivity index (χ0v) is 11.6. The molecule has 1 heterocycles. The van der Waals surface area contributed by atoms with Gasteiger partial charge in [-0.2, -0.15) is 0 Å². The van der Waals surface area contributed by atoms with E-state index in [0.29, 0.717) is 10.7 Å². The molecule has 0 saturated heterocycles. The van der Waals surface area contributed by atoms with Crippen molar-refractivity contribution < 1.29 is 19.1 Å². The summed E-state index contributed by atoms with van der Waals surface area (Å²) in [7, 11) is 0. The van der Waals surface area contributed by atoms with E-state index in [0.717, 1.165) is 4.90 Å². The number of carboxylic acid groups (broad SMARTS) is 1. The maximum atomic E-state index is 12.3. The standard InChI is InChI=1S/C13H9Cl2NO4/c14-8-2-1-3-9(6-8)16(7-12(17)18)13(19)10-4-5-11(15)20-10/h1-6H,7H2,(H,17,18). The maximum Gasteiger partial charge on any atom is 0.323 e. The van der Waals surface area contributed by atoms with Crippen LogP contribution in [0.4, 0.5) is 5.69 Å². The van der Waals surface area contributed by atoms with Gasteiger partial charge >= 0.3 is 5.97 Å². The zero-order chi connectivity index (χ0) is 14.7. The number of nitrogens with zero attached hydrogens (tertiary/aromatic N) is 1. The van der Waals surface area contributed by atoms with Crippen LogP contribution >= 0.6 is 23.2 Å². The van der Waals surface area contributed by atoms with Crippen LogP contribution in [0.5, 0.6) is 0 Å². The molecule has 0 aliphatic carbocycles. The predicted molar refractivity (Wildman–Crippen MR) is 74.5 cm³/mol. The molecule has 104 valence electrons. The highest BCUT2D eigenvalue weighted by Crippen LogP contribution is 2.23. The van der Waals surface area contributed by atoms with Crippen molar-refractivity contribution in [1.29, 1.82) is 0 Å². The zero-order valence-electron chi connectivity index (χ0n) is 10.0. The molecule has 0 atom stereocenters. The third kappa shape index (κ3) is 3.31. The van der Waals surface area contributed by atoms with Crippen molar-refractivity contribution in [3.63, 3.8) is 0 Å². The van der Waals surface area contributed by atoms with Crippen LogP contribution in [-0.2, 0) is 4.79 Å². The van der Waals surface area contributed by atoms with Crippen LogP contribution in [0.25, 0.3) is 0 Å². The fourth-order valence-electron chi connectivity index (χ4n) is 1.62. The van der Waals surface area contributed by atoms with Crippen molar-refractivity contribution in [2.75, 3.05) is 11.4 Å². The van der Waals surface area contributed by atoms with Crippen molar-refractivity contribution >= 4 is 40.8 Å². The first-order valence-electron chi connectivity index (χ1n) is 5.52. The first kappa shape index (κ1) is 14.4. The van der Waals surface area contributed by atoms with Crippen molar-refractivity contribution in [3.8, 4) is 0 Å². The van der Waals surface area contributed by atoms with Crippen LogP contribution < -0.4 is 4.90 Å². The summed E-state index contributed by atoms with van der Waals surface area (Å²) in [5.74, 6) is -1.81. The van der Waals surface area contributed by atoms with E-state index in [-0.39, 0.29) is 11.0 Å². The Morgan fingerprint density at radius 2 is 1.95 bits per heavy atom. The molecule has 2 rings (SSSR count). The number of carbonyl (C=O) groups excluding carboxylic acids is 1. The summed E-state index contributed by atoms with van der Waals surface area (Å²) >= 11 is 11.5. The Kier molecular flexibility index (Phi) is 4.32. The number of amides is 1. The first-order valence-corrected chi connectivity index (χ1v) is 6.27. The summed E-state index contributed by atoms with van der Waals surface area (Å²) in [6.07, 6.45) is 0. The van der Waals surface area contributed by atoms with Crippen LogP contribution in [-0.4, -0.2) is 23.5 Å². The normalized spacial score (nSPS) is 10.3. The van der Waals surface area contributed by atoms with Gasteiger partial charge in [-0.25, -0.2) is 0 Å². The average Bonchev–Trinajstić information content (AvgIpc) is 2.81. The van der Waals surface area contributed by atoms with Crippen LogP contribution in [0, 0.1) is 0 Å². The third-order valence-electron chi connectivity index (χ3n) is 2.44. The average molecular weight is 314 g/mol. The molecule has 0 fully saturated rings. The first-order chi connectivity index (χ1) is 9.47. The lowest BCUT2D eigenvalue weighted by molar-refractivity contribution is -0.135. The Hall–Kier alpha value is -1.98. The fourth-order valence-corrected chi connectivity index (χ4v) is 1.95. The van der Waals surface area contributed by atoms with Gasteiger partial charge in [0, 0.05) is 10.7 Å². The number of benzene rings is 1. The lowest BCUT2D eigenvalue weighted by atomic mass is 10.2. The topological polar surface area (TPSA) is 70.8 Å². The SMILES string of the molecule is O=C(O)CN(C(=O)c1ccc(Cl)o1)c1cccc(Cl)c1. The van der Waals surface area contributed by atoms with Crippen molar-refractivity contribution in [2.45, 2.75) is 0 Å². The summed E-state index contributed by atoms with van der Waals surface area (Å²) in [6.45, 7) is -0.516. The van der Waals surface area contributed by atoms with Crippen LogP contribution in [0.3, 0.4) is 0 Å². The Morgan fingerprint density at radius 1 is 1.20 bits per heavy atom. The number of hydrogen-bond donors (Lipinski definition) is 1. The quantitative estimate of drug-likeness (QED) is 0.940. The summed E-state index contributed by atoms with van der Waals surface area (Å²) in [6, 6.07) is 9.10. The minimum atomic E-state index is -1.16. The molecule has 0 unspecified atom stereocenters. The largest absolute Gasteiger partial charge is 0.480 e. The second kappa shape index (κ2) is 5.98. The molecule has 0 radical (unpaired) electrons. The third-order valence-corrected chi connectivity index (χ3v) is 2.88. The highest BCUT2D eigenvalue weighted by Gasteiger charge is 2.23. The van der Waals surface area contributed by atoms with E-state index in [1.54, 1.807) is 18.2 Å². The summed E-state index contributed by atoms with van der Waals surface area (Å²) in [5, 5.41) is 9.37. The monoisotopic (exact) mass is 313 g/mol. The van der Waals surface area contributed by atoms with Crippen LogP contribution in [0.1, 0.15) is 10.6 Å². The second-order valence-corrected chi connectivity index (χ2v) is 4.68. The second-order valence-electron chi connectivity index (χ2n) is 3.87. The molecule has 0 saturated carbocycles. The number of anilines is 1. The van der Waals surface area contributed by atoms with Gasteiger partial charge in [-0.3, -0.25) is 14.5 Å². The molecule has 1 amide bonds. The molecule has 1 aromatic heterocycles. The van der Waals surface area contributed by atoms with Gasteiger partial charge in [-0.1, -0.05) is 17.7 Å². The van der Waals surface area contributed by atoms with Crippen LogP contribution in [0.2, 0.25) is 10.2 Å². The molecule has 0 spiro atoms. The molecule has 1 N–H and O–H groups in total. The molecule has 0 aliphatic heterocycles. The van der Waals surface area contributed by atoms with E-state index in [4.69, 9.17) is 32.7 Å². The number of furan rings is 1. The molecule has 2 aromatic rings. The smallest absolute Gasteiger partial charge is 0.323 e. The van der Waals surface area contributed by atoms with E-state index < -0.39 is 18.4 Å². The number of halogens is 2. The van der Waals surface area contributed by atoms with Gasteiger partial charge in [-0.15, -0.1) is 0 Å². The van der Waals surface area contributed by atoms with Gasteiger partial charge in [0.2, 0.25) is 0 Å². The Labute approximate surface area is 124 Å². The molecule has 5 nitrogen and oxygen atoms in total. The van der Waals surface area contributed by atoms with Crippen molar-refractivity contribution in [2.24, 2.45) is 0 Å². The molecular formula is C13H9Cl2NO4. The van der Waals surface area contributed by atoms with Crippen molar-refractivity contribution in [3.05, 3.63) is 52.4 Å². The number of carboxylic acids is 1. The molecule has 0 aliphatic rings. The molecule has 0 bridgehead atoms. The maximum absolute atomic E-state index is 12.3. The van der Waals surface area contributed by atoms with E-state index in [1.165, 1.54) is 18.2 Å². The molecule has 1 aromatic carbocycles. The van der Waals surface area contributed by atoms with E-state index in [1.807, 2.05) is 0 Å². The van der Waals surface area contributed by atoms with Gasteiger partial charge in [0.05, 0.1) is 0 Å². The summed E-state index contributed by atoms with van der Waals surface area (Å²) in [5.41, 5.74) is 0.359. The minimum absolute atomic E-state index is 0.0452. The lowest BCUT2D eigenvalue weighted by Gasteiger charge is -2.19. The van der Waals surface area contributed by atoms with Gasteiger partial charge < -0.3 is 9.52 Å². The number of hydrogen-bond acceptors (Lipinski definition) is 3. The van der Waals surface area contributed by atoms with Gasteiger partial charge in [0.15, 0.2) is 11.0 Å². The van der Waals surface area contributed by atoms with Crippen molar-refractivity contribution in [1.82, 2.24) is 0 Å². The highest BCUT2D eigenvalue weighted by atomic mass is 35.5. The number of aliphatic carboxylic acids is 1. The summed E-state index contributed by atoms with van der Waals surface area (Å²) < 4.78 is 5.01. The number of carbonyl (C=O) groups is 2. The highest BCUT2D eigenvalue weighted by molar-refractivity contribution is 6.31. The van der Waals surface area contributed by atoms with Gasteiger partial charge in [0.1, 0.15) is 6.54 Å². The van der Waals surface area contributed by atoms with Gasteiger partial charge in [0.25, 0.3) is 5.91 Å². The lowest BCUT2D eigenvalue weighted by Crippen LogP contribution is -2.35. The van der Waals surface area contributed by atoms with Crippen LogP contribution in [0.15, 0.2) is 40.8 Å². The Bertz CT molecular complexity index is 653. The predicted octanol–water partition coefficient (Wildman–Crippen LogP) is 3.32. The summed E-state index contributed by atoms with van der Waals surface area (Å²) in [4.78, 5) is 24.2.